The molecular weight excluding hydrogens is 210 g/mol. The molecule has 1 saturated heterocycles. The number of likely N-dealkylation sites (N-methyl/N-ethyl adjacent to an activating group) is 1. The van der Waals surface area contributed by atoms with Gasteiger partial charge >= 0.3 is 0 Å². The molecule has 3 heteroatoms. The van der Waals surface area contributed by atoms with Crippen molar-refractivity contribution in [3.63, 3.8) is 0 Å². The van der Waals surface area contributed by atoms with Gasteiger partial charge in [0.2, 0.25) is 0 Å². The van der Waals surface area contributed by atoms with E-state index in [1.165, 1.54) is 24.9 Å². The van der Waals surface area contributed by atoms with E-state index < -0.39 is 0 Å². The summed E-state index contributed by atoms with van der Waals surface area (Å²) in [6.07, 6.45) is 6.46. The second-order valence-corrected chi connectivity index (χ2v) is 5.24. The number of nitrogens with zero attached hydrogens (tertiary/aromatic N) is 2. The Hall–Kier alpha value is -0.930. The summed E-state index contributed by atoms with van der Waals surface area (Å²) in [7, 11) is 2.19. The van der Waals surface area contributed by atoms with E-state index in [0.717, 1.165) is 19.0 Å². The van der Waals surface area contributed by atoms with Gasteiger partial charge in [-0.1, -0.05) is 13.0 Å². The Morgan fingerprint density at radius 2 is 2.41 bits per heavy atom. The van der Waals surface area contributed by atoms with Crippen LogP contribution in [0.5, 0.6) is 0 Å². The highest BCUT2D eigenvalue weighted by Gasteiger charge is 2.21. The Balaban J connectivity index is 1.82. The van der Waals surface area contributed by atoms with Crippen molar-refractivity contribution in [2.45, 2.75) is 32.4 Å². The summed E-state index contributed by atoms with van der Waals surface area (Å²) in [4.78, 5) is 6.54. The van der Waals surface area contributed by atoms with Gasteiger partial charge < -0.3 is 10.2 Å². The number of rotatable bonds is 4. The molecule has 2 atom stereocenters. The fourth-order valence-electron chi connectivity index (χ4n) is 2.56. The smallest absolute Gasteiger partial charge is 0.0312 e. The highest BCUT2D eigenvalue weighted by Crippen LogP contribution is 2.16. The Kier molecular flexibility index (Phi) is 4.51. The predicted molar refractivity (Wildman–Crippen MR) is 70.8 cm³/mol. The van der Waals surface area contributed by atoms with Crippen molar-refractivity contribution >= 4 is 0 Å². The monoisotopic (exact) mass is 233 g/mol. The van der Waals surface area contributed by atoms with E-state index in [2.05, 4.69) is 35.2 Å². The fourth-order valence-corrected chi connectivity index (χ4v) is 2.56. The number of hydrogen-bond donors (Lipinski definition) is 1. The van der Waals surface area contributed by atoms with Gasteiger partial charge in [-0.2, -0.15) is 0 Å². The van der Waals surface area contributed by atoms with Crippen molar-refractivity contribution in [1.82, 2.24) is 15.2 Å². The Morgan fingerprint density at radius 1 is 1.53 bits per heavy atom. The average Bonchev–Trinajstić information content (AvgIpc) is 2.33. The van der Waals surface area contributed by atoms with E-state index in [1.54, 1.807) is 0 Å². The van der Waals surface area contributed by atoms with Crippen LogP contribution < -0.4 is 5.32 Å². The van der Waals surface area contributed by atoms with Crippen LogP contribution in [0.4, 0.5) is 0 Å². The van der Waals surface area contributed by atoms with Crippen molar-refractivity contribution in [3.8, 4) is 0 Å². The Morgan fingerprint density at radius 3 is 3.12 bits per heavy atom. The van der Waals surface area contributed by atoms with Crippen LogP contribution in [0.2, 0.25) is 0 Å². The molecule has 1 fully saturated rings. The molecule has 0 aromatic carbocycles. The molecule has 1 N–H and O–H groups in total. The lowest BCUT2D eigenvalue weighted by molar-refractivity contribution is 0.212. The minimum absolute atomic E-state index is 0.644. The van der Waals surface area contributed by atoms with Crippen LogP contribution in [0.1, 0.15) is 25.3 Å². The average molecular weight is 233 g/mol. The first-order valence-corrected chi connectivity index (χ1v) is 6.56. The van der Waals surface area contributed by atoms with Crippen LogP contribution in [0.15, 0.2) is 24.5 Å². The van der Waals surface area contributed by atoms with Gasteiger partial charge in [0, 0.05) is 31.5 Å². The largest absolute Gasteiger partial charge is 0.312 e. The molecule has 0 amide bonds. The normalized spacial score (nSPS) is 25.1. The number of nitrogens with one attached hydrogen (secondary N) is 1. The Labute approximate surface area is 104 Å². The molecule has 1 aliphatic rings. The molecule has 2 heterocycles. The lowest BCUT2D eigenvalue weighted by Crippen LogP contribution is -2.46. The zero-order chi connectivity index (χ0) is 12.1. The molecule has 0 saturated carbocycles. The first kappa shape index (κ1) is 12.5. The second kappa shape index (κ2) is 6.12. The third-order valence-electron chi connectivity index (χ3n) is 3.61. The third kappa shape index (κ3) is 3.79. The molecule has 94 valence electrons. The van der Waals surface area contributed by atoms with Crippen LogP contribution in [-0.2, 0) is 6.54 Å². The van der Waals surface area contributed by atoms with E-state index in [0.29, 0.717) is 6.04 Å². The van der Waals surface area contributed by atoms with Gasteiger partial charge in [0.1, 0.15) is 0 Å². The topological polar surface area (TPSA) is 28.2 Å². The first-order valence-electron chi connectivity index (χ1n) is 6.56. The van der Waals surface area contributed by atoms with E-state index in [1.807, 2.05) is 18.5 Å². The zero-order valence-corrected chi connectivity index (χ0v) is 10.9. The van der Waals surface area contributed by atoms with Gasteiger partial charge in [0.05, 0.1) is 0 Å². The van der Waals surface area contributed by atoms with Crippen molar-refractivity contribution in [2.24, 2.45) is 5.92 Å². The summed E-state index contributed by atoms with van der Waals surface area (Å²) < 4.78 is 0. The molecule has 2 rings (SSSR count). The Bertz CT molecular complexity index is 325. The standard InChI is InChI=1S/C14H23N3/c1-12-5-3-8-16-14(12)11-17(2)10-13-6-4-7-15-9-13/h4,6-7,9,12,14,16H,3,5,8,10-11H2,1-2H3. The van der Waals surface area contributed by atoms with Gasteiger partial charge in [-0.15, -0.1) is 0 Å². The maximum Gasteiger partial charge on any atom is 0.0312 e. The number of aromatic nitrogens is 1. The maximum absolute atomic E-state index is 4.16. The first-order chi connectivity index (χ1) is 8.25. The zero-order valence-electron chi connectivity index (χ0n) is 10.9. The summed E-state index contributed by atoms with van der Waals surface area (Å²) in [5.41, 5.74) is 1.29. The molecule has 1 aromatic heterocycles. The van der Waals surface area contributed by atoms with Crippen molar-refractivity contribution in [2.75, 3.05) is 20.1 Å². The predicted octanol–water partition coefficient (Wildman–Crippen LogP) is 1.90. The van der Waals surface area contributed by atoms with Crippen LogP contribution in [0.3, 0.4) is 0 Å². The van der Waals surface area contributed by atoms with Crippen LogP contribution in [0, 0.1) is 5.92 Å². The quantitative estimate of drug-likeness (QED) is 0.861. The summed E-state index contributed by atoms with van der Waals surface area (Å²) in [5, 5.41) is 3.63. The second-order valence-electron chi connectivity index (χ2n) is 5.24. The molecule has 0 spiro atoms. The van der Waals surface area contributed by atoms with Gasteiger partial charge in [0.25, 0.3) is 0 Å². The van der Waals surface area contributed by atoms with Gasteiger partial charge in [0.15, 0.2) is 0 Å². The lowest BCUT2D eigenvalue weighted by atomic mass is 9.92. The summed E-state index contributed by atoms with van der Waals surface area (Å²) >= 11 is 0. The van der Waals surface area contributed by atoms with Crippen LogP contribution in [0.25, 0.3) is 0 Å². The maximum atomic E-state index is 4.16. The highest BCUT2D eigenvalue weighted by molar-refractivity contribution is 5.08. The van der Waals surface area contributed by atoms with Crippen molar-refractivity contribution in [3.05, 3.63) is 30.1 Å². The molecule has 3 nitrogen and oxygen atoms in total. The summed E-state index contributed by atoms with van der Waals surface area (Å²) in [6, 6.07) is 4.79. The van der Waals surface area contributed by atoms with E-state index in [9.17, 15) is 0 Å². The molecular formula is C14H23N3. The van der Waals surface area contributed by atoms with E-state index in [4.69, 9.17) is 0 Å². The van der Waals surface area contributed by atoms with Crippen LogP contribution >= 0.6 is 0 Å². The molecule has 1 aliphatic heterocycles. The molecule has 2 unspecified atom stereocenters. The SMILES string of the molecule is CC1CCCNC1CN(C)Cc1cccnc1. The molecule has 0 radical (unpaired) electrons. The minimum atomic E-state index is 0.644. The van der Waals surface area contributed by atoms with E-state index >= 15 is 0 Å². The van der Waals surface area contributed by atoms with Gasteiger partial charge in [-0.3, -0.25) is 4.98 Å². The highest BCUT2D eigenvalue weighted by atomic mass is 15.1. The number of piperidine rings is 1. The number of hydrogen-bond acceptors (Lipinski definition) is 3. The molecule has 1 aromatic rings. The lowest BCUT2D eigenvalue weighted by Gasteiger charge is -2.33. The fraction of sp³-hybridized carbons (Fsp3) is 0.643. The minimum Gasteiger partial charge on any atom is -0.312 e. The summed E-state index contributed by atoms with van der Waals surface area (Å²) in [6.45, 7) is 5.64. The van der Waals surface area contributed by atoms with E-state index in [-0.39, 0.29) is 0 Å². The molecule has 17 heavy (non-hydrogen) atoms. The van der Waals surface area contributed by atoms with Gasteiger partial charge in [-0.25, -0.2) is 0 Å². The summed E-state index contributed by atoms with van der Waals surface area (Å²) in [5.74, 6) is 0.792. The third-order valence-corrected chi connectivity index (χ3v) is 3.61. The molecule has 0 aliphatic carbocycles. The van der Waals surface area contributed by atoms with Crippen LogP contribution in [-0.4, -0.2) is 36.1 Å². The van der Waals surface area contributed by atoms with Crippen molar-refractivity contribution in [1.29, 1.82) is 0 Å². The van der Waals surface area contributed by atoms with Gasteiger partial charge in [-0.05, 0) is 44.0 Å². The molecule has 0 bridgehead atoms. The van der Waals surface area contributed by atoms with Crippen molar-refractivity contribution < 1.29 is 0 Å². The number of pyridine rings is 1.